The molecule has 0 N–H and O–H groups in total. The van der Waals surface area contributed by atoms with Crippen LogP contribution in [0.1, 0.15) is 63.5 Å². The Labute approximate surface area is 134 Å². The molecule has 1 saturated heterocycles. The Kier molecular flexibility index (Phi) is 5.87. The quantitative estimate of drug-likeness (QED) is 0.830. The summed E-state index contributed by atoms with van der Waals surface area (Å²) in [6.07, 6.45) is 4.26. The zero-order valence-electron chi connectivity index (χ0n) is 14.4. The van der Waals surface area contributed by atoms with Gasteiger partial charge in [0.2, 0.25) is 0 Å². The fourth-order valence-corrected chi connectivity index (χ4v) is 3.01. The van der Waals surface area contributed by atoms with Crippen molar-refractivity contribution in [3.05, 3.63) is 29.3 Å². The molecule has 1 aliphatic rings. The van der Waals surface area contributed by atoms with E-state index in [9.17, 15) is 4.79 Å². The van der Waals surface area contributed by atoms with Gasteiger partial charge in [-0.2, -0.15) is 0 Å². The van der Waals surface area contributed by atoms with Crippen LogP contribution in [0, 0.1) is 6.92 Å². The standard InChI is InChI=1S/C19H29NO2/c1-14(2)17-10-9-15(3)13-18(17)22-16(4)19(21)20-11-7-5-6-8-12-20/h9-10,13-14,16H,5-8,11-12H2,1-4H3/t16-/m0/s1. The lowest BCUT2D eigenvalue weighted by Crippen LogP contribution is -2.41. The molecule has 0 spiro atoms. The van der Waals surface area contributed by atoms with Gasteiger partial charge in [-0.05, 0) is 49.8 Å². The van der Waals surface area contributed by atoms with Gasteiger partial charge in [0.25, 0.3) is 5.91 Å². The van der Waals surface area contributed by atoms with Crippen LogP contribution in [0.3, 0.4) is 0 Å². The van der Waals surface area contributed by atoms with E-state index >= 15 is 0 Å². The summed E-state index contributed by atoms with van der Waals surface area (Å²) in [5.41, 5.74) is 2.33. The van der Waals surface area contributed by atoms with E-state index < -0.39 is 6.10 Å². The van der Waals surface area contributed by atoms with E-state index in [0.29, 0.717) is 5.92 Å². The number of rotatable bonds is 4. The first-order chi connectivity index (χ1) is 10.5. The molecule has 1 amide bonds. The second-order valence-corrected chi connectivity index (χ2v) is 6.70. The molecule has 1 fully saturated rings. The Morgan fingerprint density at radius 1 is 1.09 bits per heavy atom. The molecule has 1 aromatic carbocycles. The summed E-state index contributed by atoms with van der Waals surface area (Å²) in [4.78, 5) is 14.6. The maximum atomic E-state index is 12.6. The lowest BCUT2D eigenvalue weighted by atomic mass is 10.0. The average molecular weight is 303 g/mol. The summed E-state index contributed by atoms with van der Waals surface area (Å²) in [5, 5.41) is 0. The number of carbonyl (C=O) groups is 1. The number of benzene rings is 1. The van der Waals surface area contributed by atoms with Crippen molar-refractivity contribution in [2.75, 3.05) is 13.1 Å². The average Bonchev–Trinajstić information content (AvgIpc) is 2.75. The minimum Gasteiger partial charge on any atom is -0.481 e. The van der Waals surface area contributed by atoms with E-state index in [1.165, 1.54) is 18.4 Å². The molecule has 0 unspecified atom stereocenters. The van der Waals surface area contributed by atoms with Gasteiger partial charge in [0.05, 0.1) is 0 Å². The molecule has 3 nitrogen and oxygen atoms in total. The molecular weight excluding hydrogens is 274 g/mol. The smallest absolute Gasteiger partial charge is 0.263 e. The fourth-order valence-electron chi connectivity index (χ4n) is 3.01. The van der Waals surface area contributed by atoms with Crippen LogP contribution in [0.25, 0.3) is 0 Å². The third-order valence-corrected chi connectivity index (χ3v) is 4.36. The van der Waals surface area contributed by atoms with E-state index in [4.69, 9.17) is 4.74 Å². The molecule has 0 aromatic heterocycles. The Morgan fingerprint density at radius 3 is 2.32 bits per heavy atom. The van der Waals surface area contributed by atoms with Gasteiger partial charge in [0.1, 0.15) is 5.75 Å². The molecule has 1 aromatic rings. The lowest BCUT2D eigenvalue weighted by molar-refractivity contribution is -0.137. The second kappa shape index (κ2) is 7.66. The number of ether oxygens (including phenoxy) is 1. The van der Waals surface area contributed by atoms with Crippen LogP contribution in [0.4, 0.5) is 0 Å². The summed E-state index contributed by atoms with van der Waals surface area (Å²) < 4.78 is 6.05. The van der Waals surface area contributed by atoms with Crippen molar-refractivity contribution >= 4 is 5.91 Å². The van der Waals surface area contributed by atoms with Gasteiger partial charge in [-0.25, -0.2) is 0 Å². The predicted molar refractivity (Wildman–Crippen MR) is 90.4 cm³/mol. The van der Waals surface area contributed by atoms with Crippen molar-refractivity contribution in [2.24, 2.45) is 0 Å². The Bertz CT molecular complexity index is 502. The van der Waals surface area contributed by atoms with Crippen LogP contribution in [-0.2, 0) is 4.79 Å². The van der Waals surface area contributed by atoms with Crippen LogP contribution in [-0.4, -0.2) is 30.0 Å². The molecule has 22 heavy (non-hydrogen) atoms. The largest absolute Gasteiger partial charge is 0.481 e. The SMILES string of the molecule is Cc1ccc(C(C)C)c(O[C@@H](C)C(=O)N2CCCCCC2)c1. The van der Waals surface area contributed by atoms with Crippen molar-refractivity contribution in [1.29, 1.82) is 0 Å². The molecule has 122 valence electrons. The van der Waals surface area contributed by atoms with Crippen LogP contribution >= 0.6 is 0 Å². The van der Waals surface area contributed by atoms with Gasteiger partial charge in [-0.1, -0.05) is 38.8 Å². The van der Waals surface area contributed by atoms with Crippen LogP contribution in [0.5, 0.6) is 5.75 Å². The third-order valence-electron chi connectivity index (χ3n) is 4.36. The molecule has 1 heterocycles. The zero-order chi connectivity index (χ0) is 16.1. The number of amides is 1. The fraction of sp³-hybridized carbons (Fsp3) is 0.632. The number of hydrogen-bond acceptors (Lipinski definition) is 2. The molecule has 0 saturated carbocycles. The van der Waals surface area contributed by atoms with Crippen molar-refractivity contribution in [3.8, 4) is 5.75 Å². The normalized spacial score (nSPS) is 17.2. The first-order valence-corrected chi connectivity index (χ1v) is 8.55. The van der Waals surface area contributed by atoms with E-state index in [1.807, 2.05) is 17.9 Å². The molecule has 0 aliphatic carbocycles. The Balaban J connectivity index is 2.09. The van der Waals surface area contributed by atoms with Crippen LogP contribution in [0.2, 0.25) is 0 Å². The van der Waals surface area contributed by atoms with Gasteiger partial charge in [0.15, 0.2) is 6.10 Å². The van der Waals surface area contributed by atoms with E-state index in [0.717, 1.165) is 37.2 Å². The highest BCUT2D eigenvalue weighted by atomic mass is 16.5. The lowest BCUT2D eigenvalue weighted by Gasteiger charge is -2.25. The van der Waals surface area contributed by atoms with Gasteiger partial charge >= 0.3 is 0 Å². The Hall–Kier alpha value is -1.51. The number of likely N-dealkylation sites (tertiary alicyclic amines) is 1. The maximum Gasteiger partial charge on any atom is 0.263 e. The summed E-state index contributed by atoms with van der Waals surface area (Å²) >= 11 is 0. The van der Waals surface area contributed by atoms with Crippen LogP contribution in [0.15, 0.2) is 18.2 Å². The number of aryl methyl sites for hydroxylation is 1. The van der Waals surface area contributed by atoms with Crippen LogP contribution < -0.4 is 4.74 Å². The highest BCUT2D eigenvalue weighted by Crippen LogP contribution is 2.28. The minimum absolute atomic E-state index is 0.123. The number of hydrogen-bond donors (Lipinski definition) is 0. The topological polar surface area (TPSA) is 29.5 Å². The summed E-state index contributed by atoms with van der Waals surface area (Å²) in [7, 11) is 0. The van der Waals surface area contributed by atoms with E-state index in [1.54, 1.807) is 0 Å². The first-order valence-electron chi connectivity index (χ1n) is 8.55. The monoisotopic (exact) mass is 303 g/mol. The summed E-state index contributed by atoms with van der Waals surface area (Å²) in [5.74, 6) is 1.36. The van der Waals surface area contributed by atoms with E-state index in [-0.39, 0.29) is 5.91 Å². The molecular formula is C19H29NO2. The Morgan fingerprint density at radius 2 is 1.73 bits per heavy atom. The number of carbonyl (C=O) groups excluding carboxylic acids is 1. The van der Waals surface area contributed by atoms with Crippen molar-refractivity contribution < 1.29 is 9.53 Å². The van der Waals surface area contributed by atoms with Gasteiger partial charge in [0, 0.05) is 13.1 Å². The molecule has 0 bridgehead atoms. The van der Waals surface area contributed by atoms with Crippen molar-refractivity contribution in [3.63, 3.8) is 0 Å². The maximum absolute atomic E-state index is 12.6. The molecule has 1 atom stereocenters. The first kappa shape index (κ1) is 16.9. The molecule has 1 aliphatic heterocycles. The second-order valence-electron chi connectivity index (χ2n) is 6.70. The zero-order valence-corrected chi connectivity index (χ0v) is 14.4. The molecule has 2 rings (SSSR count). The van der Waals surface area contributed by atoms with E-state index in [2.05, 4.69) is 32.9 Å². The predicted octanol–water partition coefficient (Wildman–Crippen LogP) is 4.29. The number of nitrogens with zero attached hydrogens (tertiary/aromatic N) is 1. The molecule has 0 radical (unpaired) electrons. The molecule has 3 heteroatoms. The van der Waals surface area contributed by atoms with Gasteiger partial charge in [-0.15, -0.1) is 0 Å². The highest BCUT2D eigenvalue weighted by molar-refractivity contribution is 5.81. The van der Waals surface area contributed by atoms with Crippen molar-refractivity contribution in [1.82, 2.24) is 4.90 Å². The van der Waals surface area contributed by atoms with Crippen molar-refractivity contribution in [2.45, 2.75) is 65.4 Å². The third kappa shape index (κ3) is 4.25. The van der Waals surface area contributed by atoms with Gasteiger partial charge < -0.3 is 9.64 Å². The highest BCUT2D eigenvalue weighted by Gasteiger charge is 2.23. The minimum atomic E-state index is -0.419. The summed E-state index contributed by atoms with van der Waals surface area (Å²) in [6, 6.07) is 6.25. The summed E-state index contributed by atoms with van der Waals surface area (Å²) in [6.45, 7) is 9.98. The van der Waals surface area contributed by atoms with Gasteiger partial charge in [-0.3, -0.25) is 4.79 Å².